The molecule has 3 aromatic rings. The molecule has 0 amide bonds. The van der Waals surface area contributed by atoms with Gasteiger partial charge in [-0.3, -0.25) is 4.72 Å². The number of pyridine rings is 1. The molecule has 128 valence electrons. The molecule has 2 N–H and O–H groups in total. The van der Waals surface area contributed by atoms with Crippen LogP contribution in [0.3, 0.4) is 0 Å². The molecule has 0 spiro atoms. The Morgan fingerprint density at radius 2 is 1.64 bits per heavy atom. The summed E-state index contributed by atoms with van der Waals surface area (Å²) in [6.45, 7) is 0.665. The van der Waals surface area contributed by atoms with Crippen molar-refractivity contribution in [2.45, 2.75) is 11.4 Å². The number of aromatic nitrogens is 1. The average Bonchev–Trinajstić information content (AvgIpc) is 2.62. The van der Waals surface area contributed by atoms with Crippen molar-refractivity contribution >= 4 is 33.1 Å². The highest BCUT2D eigenvalue weighted by Gasteiger charge is 2.14. The molecule has 0 saturated heterocycles. The summed E-state index contributed by atoms with van der Waals surface area (Å²) in [4.78, 5) is 4.27. The van der Waals surface area contributed by atoms with Crippen LogP contribution in [0.1, 0.15) is 5.56 Å². The summed E-state index contributed by atoms with van der Waals surface area (Å²) in [6.07, 6.45) is 1.59. The van der Waals surface area contributed by atoms with E-state index in [1.807, 2.05) is 30.3 Å². The SMILES string of the molecule is O=S(=O)(Nc1ccc(NCc2ccccc2)cn1)c1ccc(Cl)cc1. The molecule has 0 unspecified atom stereocenters. The zero-order chi connectivity index (χ0) is 17.7. The Bertz CT molecular complexity index is 928. The second-order valence-corrected chi connectivity index (χ2v) is 7.45. The number of halogens is 1. The number of benzene rings is 2. The van der Waals surface area contributed by atoms with Crippen LogP contribution in [0.25, 0.3) is 0 Å². The van der Waals surface area contributed by atoms with E-state index in [4.69, 9.17) is 11.6 Å². The lowest BCUT2D eigenvalue weighted by Gasteiger charge is -2.09. The van der Waals surface area contributed by atoms with E-state index in [0.717, 1.165) is 11.3 Å². The highest BCUT2D eigenvalue weighted by molar-refractivity contribution is 7.92. The molecule has 1 aromatic heterocycles. The van der Waals surface area contributed by atoms with E-state index in [0.29, 0.717) is 11.6 Å². The zero-order valence-electron chi connectivity index (χ0n) is 13.2. The molecule has 0 radical (unpaired) electrons. The Kier molecular flexibility index (Phi) is 5.21. The van der Waals surface area contributed by atoms with E-state index in [2.05, 4.69) is 15.0 Å². The fourth-order valence-corrected chi connectivity index (χ4v) is 3.30. The highest BCUT2D eigenvalue weighted by Crippen LogP contribution is 2.18. The normalized spacial score (nSPS) is 11.1. The first kappa shape index (κ1) is 17.3. The number of nitrogens with one attached hydrogen (secondary N) is 2. The summed E-state index contributed by atoms with van der Waals surface area (Å²) in [5, 5.41) is 3.71. The van der Waals surface area contributed by atoms with E-state index in [1.54, 1.807) is 18.3 Å². The summed E-state index contributed by atoms with van der Waals surface area (Å²) in [5.74, 6) is 0.250. The van der Waals surface area contributed by atoms with Gasteiger partial charge in [0, 0.05) is 11.6 Å². The van der Waals surface area contributed by atoms with Crippen LogP contribution >= 0.6 is 11.6 Å². The summed E-state index contributed by atoms with van der Waals surface area (Å²) in [6, 6.07) is 19.3. The molecule has 0 aliphatic heterocycles. The topological polar surface area (TPSA) is 71.1 Å². The van der Waals surface area contributed by atoms with Crippen molar-refractivity contribution in [2.24, 2.45) is 0 Å². The molecular formula is C18H16ClN3O2S. The molecule has 0 atom stereocenters. The van der Waals surface area contributed by atoms with Crippen molar-refractivity contribution in [3.05, 3.63) is 83.5 Å². The summed E-state index contributed by atoms with van der Waals surface area (Å²) >= 11 is 5.78. The van der Waals surface area contributed by atoms with Gasteiger partial charge in [0.25, 0.3) is 10.0 Å². The molecule has 0 bridgehead atoms. The van der Waals surface area contributed by atoms with E-state index in [-0.39, 0.29) is 10.7 Å². The Morgan fingerprint density at radius 1 is 0.920 bits per heavy atom. The smallest absolute Gasteiger partial charge is 0.263 e. The second kappa shape index (κ2) is 7.55. The first-order valence-corrected chi connectivity index (χ1v) is 9.41. The molecule has 2 aromatic carbocycles. The van der Waals surface area contributed by atoms with Crippen LogP contribution in [0.2, 0.25) is 5.02 Å². The third kappa shape index (κ3) is 4.71. The van der Waals surface area contributed by atoms with Crippen LogP contribution in [0, 0.1) is 0 Å². The minimum atomic E-state index is -3.69. The lowest BCUT2D eigenvalue weighted by molar-refractivity contribution is 0.601. The van der Waals surface area contributed by atoms with Crippen molar-refractivity contribution in [1.29, 1.82) is 0 Å². The maximum absolute atomic E-state index is 12.3. The zero-order valence-corrected chi connectivity index (χ0v) is 14.8. The molecule has 0 fully saturated rings. The van der Waals surface area contributed by atoms with Crippen molar-refractivity contribution in [3.8, 4) is 0 Å². The third-order valence-corrected chi connectivity index (χ3v) is 5.09. The van der Waals surface area contributed by atoms with E-state index < -0.39 is 10.0 Å². The van der Waals surface area contributed by atoms with Crippen molar-refractivity contribution in [3.63, 3.8) is 0 Å². The lowest BCUT2D eigenvalue weighted by atomic mass is 10.2. The first-order chi connectivity index (χ1) is 12.0. The maximum Gasteiger partial charge on any atom is 0.263 e. The fourth-order valence-electron chi connectivity index (χ4n) is 2.17. The van der Waals surface area contributed by atoms with Crippen LogP contribution < -0.4 is 10.0 Å². The van der Waals surface area contributed by atoms with Crippen molar-refractivity contribution in [2.75, 3.05) is 10.0 Å². The molecule has 0 aliphatic carbocycles. The molecular weight excluding hydrogens is 358 g/mol. The number of hydrogen-bond donors (Lipinski definition) is 2. The molecule has 5 nitrogen and oxygen atoms in total. The van der Waals surface area contributed by atoms with Gasteiger partial charge in [-0.2, -0.15) is 0 Å². The Balaban J connectivity index is 1.65. The third-order valence-electron chi connectivity index (χ3n) is 3.47. The molecule has 25 heavy (non-hydrogen) atoms. The molecule has 0 aliphatic rings. The Labute approximate surface area is 151 Å². The average molecular weight is 374 g/mol. The Morgan fingerprint density at radius 3 is 2.28 bits per heavy atom. The number of rotatable bonds is 6. The largest absolute Gasteiger partial charge is 0.380 e. The monoisotopic (exact) mass is 373 g/mol. The minimum absolute atomic E-state index is 0.130. The lowest BCUT2D eigenvalue weighted by Crippen LogP contribution is -2.13. The predicted molar refractivity (Wildman–Crippen MR) is 100 cm³/mol. The van der Waals surface area contributed by atoms with Gasteiger partial charge in [-0.25, -0.2) is 13.4 Å². The van der Waals surface area contributed by atoms with Gasteiger partial charge in [0.1, 0.15) is 5.82 Å². The molecule has 3 rings (SSSR count). The van der Waals surface area contributed by atoms with E-state index >= 15 is 0 Å². The fraction of sp³-hybridized carbons (Fsp3) is 0.0556. The first-order valence-electron chi connectivity index (χ1n) is 7.55. The minimum Gasteiger partial charge on any atom is -0.380 e. The highest BCUT2D eigenvalue weighted by atomic mass is 35.5. The Hall–Kier alpha value is -2.57. The molecule has 0 saturated carbocycles. The van der Waals surface area contributed by atoms with Crippen molar-refractivity contribution in [1.82, 2.24) is 4.98 Å². The van der Waals surface area contributed by atoms with Crippen LogP contribution in [-0.2, 0) is 16.6 Å². The van der Waals surface area contributed by atoms with Gasteiger partial charge in [0.05, 0.1) is 16.8 Å². The van der Waals surface area contributed by atoms with Gasteiger partial charge in [-0.15, -0.1) is 0 Å². The van der Waals surface area contributed by atoms with Crippen LogP contribution in [0.15, 0.2) is 77.8 Å². The molecule has 1 heterocycles. The van der Waals surface area contributed by atoms with E-state index in [1.165, 1.54) is 24.3 Å². The van der Waals surface area contributed by atoms with Gasteiger partial charge in [0.15, 0.2) is 0 Å². The standard InChI is InChI=1S/C18H16ClN3O2S/c19-15-6-9-17(10-7-15)25(23,24)22-18-11-8-16(13-21-18)20-12-14-4-2-1-3-5-14/h1-11,13,20H,12H2,(H,21,22). The number of sulfonamides is 1. The van der Waals surface area contributed by atoms with Crippen LogP contribution in [0.4, 0.5) is 11.5 Å². The number of anilines is 2. The predicted octanol–water partition coefficient (Wildman–Crippen LogP) is 4.15. The quantitative estimate of drug-likeness (QED) is 0.681. The van der Waals surface area contributed by atoms with E-state index in [9.17, 15) is 8.42 Å². The summed E-state index contributed by atoms with van der Waals surface area (Å²) in [5.41, 5.74) is 1.95. The van der Waals surface area contributed by atoms with Crippen LogP contribution in [-0.4, -0.2) is 13.4 Å². The second-order valence-electron chi connectivity index (χ2n) is 5.33. The van der Waals surface area contributed by atoms with Crippen LogP contribution in [0.5, 0.6) is 0 Å². The maximum atomic E-state index is 12.3. The summed E-state index contributed by atoms with van der Waals surface area (Å²) in [7, 11) is -3.69. The number of hydrogen-bond acceptors (Lipinski definition) is 4. The molecule has 7 heteroatoms. The number of nitrogens with zero attached hydrogens (tertiary/aromatic N) is 1. The van der Waals surface area contributed by atoms with Gasteiger partial charge < -0.3 is 5.32 Å². The summed E-state index contributed by atoms with van der Waals surface area (Å²) < 4.78 is 27.0. The van der Waals surface area contributed by atoms with Gasteiger partial charge >= 0.3 is 0 Å². The van der Waals surface area contributed by atoms with Gasteiger partial charge in [-0.05, 0) is 42.0 Å². The van der Waals surface area contributed by atoms with Gasteiger partial charge in [0.2, 0.25) is 0 Å². The van der Waals surface area contributed by atoms with Crippen molar-refractivity contribution < 1.29 is 8.42 Å². The van der Waals surface area contributed by atoms with Gasteiger partial charge in [-0.1, -0.05) is 41.9 Å².